The van der Waals surface area contributed by atoms with Crippen LogP contribution in [0.5, 0.6) is 0 Å². The molecule has 10 heavy (non-hydrogen) atoms. The van der Waals surface area contributed by atoms with Gasteiger partial charge in [0.05, 0.1) is 0 Å². The topological polar surface area (TPSA) is 29.4 Å². The number of ketones is 1. The van der Waals surface area contributed by atoms with Gasteiger partial charge in [0.2, 0.25) is 0 Å². The normalized spacial score (nSPS) is 12.5. The summed E-state index contributed by atoms with van der Waals surface area (Å²) in [5.74, 6) is 0.0644. The predicted molar refractivity (Wildman–Crippen MR) is 43.5 cm³/mol. The third-order valence-corrected chi connectivity index (χ3v) is 1.16. The maximum absolute atomic E-state index is 10.4. The average molecular weight is 139 g/mol. The Labute approximate surface area is 61.7 Å². The molecule has 0 spiro atoms. The molecule has 0 fully saturated rings. The van der Waals surface area contributed by atoms with Gasteiger partial charge in [-0.25, -0.2) is 0 Å². The second-order valence-electron chi connectivity index (χ2n) is 2.01. The van der Waals surface area contributed by atoms with Gasteiger partial charge in [-0.05, 0) is 25.5 Å². The third kappa shape index (κ3) is 4.01. The summed E-state index contributed by atoms with van der Waals surface area (Å²) in [6, 6.07) is 0. The summed E-state index contributed by atoms with van der Waals surface area (Å²) in [6.45, 7) is 3.53. The van der Waals surface area contributed by atoms with Crippen LogP contribution in [-0.4, -0.2) is 18.5 Å². The van der Waals surface area contributed by atoms with Crippen LogP contribution < -0.4 is 0 Å². The molecule has 0 aromatic carbocycles. The fourth-order valence-electron chi connectivity index (χ4n) is 0.564. The van der Waals surface area contributed by atoms with Crippen molar-refractivity contribution in [3.63, 3.8) is 0 Å². The molecular weight excluding hydrogens is 126 g/mol. The summed E-state index contributed by atoms with van der Waals surface area (Å²) < 4.78 is 0. The first kappa shape index (κ1) is 9.08. The van der Waals surface area contributed by atoms with Crippen molar-refractivity contribution in [2.45, 2.75) is 20.3 Å². The Bertz CT molecular complexity index is 168. The molecule has 0 amide bonds. The Balaban J connectivity index is 3.98. The lowest BCUT2D eigenvalue weighted by Crippen LogP contribution is -1.91. The minimum atomic E-state index is 0.0644. The standard InChI is InChI=1S/C8H13NO/c1-4-8(9-3)6-5-7(2)10/h5-6H,4H2,1-3H3/b6-5+,9-8?. The number of carbonyl (C=O) groups excluding carboxylic acids is 1. The Morgan fingerprint density at radius 1 is 1.50 bits per heavy atom. The maximum atomic E-state index is 10.4. The van der Waals surface area contributed by atoms with Gasteiger partial charge >= 0.3 is 0 Å². The molecule has 0 heterocycles. The van der Waals surface area contributed by atoms with E-state index in [0.29, 0.717) is 0 Å². The Hall–Kier alpha value is -0.920. The highest BCUT2D eigenvalue weighted by molar-refractivity contribution is 6.00. The highest BCUT2D eigenvalue weighted by atomic mass is 16.1. The maximum Gasteiger partial charge on any atom is 0.152 e. The number of rotatable bonds is 3. The molecule has 0 aliphatic rings. The smallest absolute Gasteiger partial charge is 0.152 e. The zero-order valence-electron chi connectivity index (χ0n) is 6.72. The average Bonchev–Trinajstić information content (AvgIpc) is 1.90. The van der Waals surface area contributed by atoms with E-state index >= 15 is 0 Å². The lowest BCUT2D eigenvalue weighted by atomic mass is 10.2. The molecule has 0 aliphatic heterocycles. The van der Waals surface area contributed by atoms with Gasteiger partial charge < -0.3 is 0 Å². The van der Waals surface area contributed by atoms with Crippen molar-refractivity contribution in [2.75, 3.05) is 7.05 Å². The largest absolute Gasteiger partial charge is 0.295 e. The summed E-state index contributed by atoms with van der Waals surface area (Å²) in [6.07, 6.45) is 4.16. The van der Waals surface area contributed by atoms with Crippen LogP contribution in [0.1, 0.15) is 20.3 Å². The van der Waals surface area contributed by atoms with E-state index in [0.717, 1.165) is 12.1 Å². The van der Waals surface area contributed by atoms with Crippen LogP contribution >= 0.6 is 0 Å². The van der Waals surface area contributed by atoms with Gasteiger partial charge in [-0.2, -0.15) is 0 Å². The summed E-state index contributed by atoms with van der Waals surface area (Å²) in [7, 11) is 1.73. The van der Waals surface area contributed by atoms with Crippen molar-refractivity contribution < 1.29 is 4.79 Å². The third-order valence-electron chi connectivity index (χ3n) is 1.16. The van der Waals surface area contributed by atoms with Crippen LogP contribution in [0.4, 0.5) is 0 Å². The van der Waals surface area contributed by atoms with Crippen molar-refractivity contribution in [1.29, 1.82) is 0 Å². The summed E-state index contributed by atoms with van der Waals surface area (Å²) in [4.78, 5) is 14.4. The molecular formula is C8H13NO. The lowest BCUT2D eigenvalue weighted by Gasteiger charge is -1.90. The summed E-state index contributed by atoms with van der Waals surface area (Å²) in [5, 5.41) is 0. The molecule has 0 unspecified atom stereocenters. The van der Waals surface area contributed by atoms with Gasteiger partial charge in [0.25, 0.3) is 0 Å². The molecule has 0 rings (SSSR count). The molecule has 0 aliphatic carbocycles. The van der Waals surface area contributed by atoms with Gasteiger partial charge in [-0.3, -0.25) is 9.79 Å². The van der Waals surface area contributed by atoms with Crippen LogP contribution in [0.25, 0.3) is 0 Å². The van der Waals surface area contributed by atoms with E-state index in [9.17, 15) is 4.79 Å². The number of allylic oxidation sites excluding steroid dienone is 2. The van der Waals surface area contributed by atoms with Gasteiger partial charge in [-0.15, -0.1) is 0 Å². The predicted octanol–water partition coefficient (Wildman–Crippen LogP) is 1.61. The SMILES string of the molecule is CCC(/C=C/C(C)=O)=NC. The van der Waals surface area contributed by atoms with Crippen molar-refractivity contribution in [2.24, 2.45) is 4.99 Å². The van der Waals surface area contributed by atoms with E-state index in [-0.39, 0.29) is 5.78 Å². The molecule has 0 atom stereocenters. The second-order valence-corrected chi connectivity index (χ2v) is 2.01. The zero-order chi connectivity index (χ0) is 7.98. The van der Waals surface area contributed by atoms with Crippen molar-refractivity contribution in [1.82, 2.24) is 0 Å². The van der Waals surface area contributed by atoms with Crippen molar-refractivity contribution in [3.8, 4) is 0 Å². The quantitative estimate of drug-likeness (QED) is 0.431. The van der Waals surface area contributed by atoms with E-state index in [4.69, 9.17) is 0 Å². The van der Waals surface area contributed by atoms with E-state index < -0.39 is 0 Å². The highest BCUT2D eigenvalue weighted by Crippen LogP contribution is 1.87. The molecule has 2 nitrogen and oxygen atoms in total. The number of nitrogens with zero attached hydrogens (tertiary/aromatic N) is 1. The van der Waals surface area contributed by atoms with Crippen molar-refractivity contribution >= 4 is 11.5 Å². The number of hydrogen-bond acceptors (Lipinski definition) is 2. The van der Waals surface area contributed by atoms with Gasteiger partial charge in [0.1, 0.15) is 0 Å². The summed E-state index contributed by atoms with van der Waals surface area (Å²) in [5.41, 5.74) is 0.954. The molecule has 0 N–H and O–H groups in total. The molecule has 0 bridgehead atoms. The van der Waals surface area contributed by atoms with E-state index in [1.165, 1.54) is 13.0 Å². The molecule has 0 aromatic rings. The molecule has 0 radical (unpaired) electrons. The number of aliphatic imine (C=N–C) groups is 1. The minimum absolute atomic E-state index is 0.0644. The van der Waals surface area contributed by atoms with Crippen LogP contribution in [0.3, 0.4) is 0 Å². The fourth-order valence-corrected chi connectivity index (χ4v) is 0.564. The van der Waals surface area contributed by atoms with E-state index in [1.807, 2.05) is 6.92 Å². The Morgan fingerprint density at radius 3 is 2.40 bits per heavy atom. The zero-order valence-corrected chi connectivity index (χ0v) is 6.72. The molecule has 2 heteroatoms. The van der Waals surface area contributed by atoms with Gasteiger partial charge in [0.15, 0.2) is 5.78 Å². The monoisotopic (exact) mass is 139 g/mol. The Morgan fingerprint density at radius 2 is 2.10 bits per heavy atom. The number of carbonyl (C=O) groups is 1. The van der Waals surface area contributed by atoms with E-state index in [1.54, 1.807) is 13.1 Å². The van der Waals surface area contributed by atoms with Crippen LogP contribution in [0.2, 0.25) is 0 Å². The Kier molecular flexibility index (Phi) is 4.46. The van der Waals surface area contributed by atoms with E-state index in [2.05, 4.69) is 4.99 Å². The lowest BCUT2D eigenvalue weighted by molar-refractivity contribution is -0.112. The van der Waals surface area contributed by atoms with Crippen molar-refractivity contribution in [3.05, 3.63) is 12.2 Å². The van der Waals surface area contributed by atoms with Crippen LogP contribution in [0.15, 0.2) is 17.1 Å². The summed E-state index contributed by atoms with van der Waals surface area (Å²) >= 11 is 0. The molecule has 56 valence electrons. The minimum Gasteiger partial charge on any atom is -0.295 e. The van der Waals surface area contributed by atoms with Crippen LogP contribution in [-0.2, 0) is 4.79 Å². The molecule has 0 saturated carbocycles. The first-order valence-corrected chi connectivity index (χ1v) is 3.35. The van der Waals surface area contributed by atoms with Crippen LogP contribution in [0, 0.1) is 0 Å². The molecule has 0 saturated heterocycles. The first-order chi connectivity index (χ1) is 4.70. The first-order valence-electron chi connectivity index (χ1n) is 3.35. The van der Waals surface area contributed by atoms with Gasteiger partial charge in [0, 0.05) is 12.8 Å². The fraction of sp³-hybridized carbons (Fsp3) is 0.500. The molecule has 0 aromatic heterocycles. The second kappa shape index (κ2) is 4.91. The van der Waals surface area contributed by atoms with Gasteiger partial charge in [-0.1, -0.05) is 6.92 Å². The highest BCUT2D eigenvalue weighted by Gasteiger charge is 1.87. The number of hydrogen-bond donors (Lipinski definition) is 0.